The molecule has 0 bridgehead atoms. The molecule has 1 unspecified atom stereocenters. The average molecular weight is 341 g/mol. The lowest BCUT2D eigenvalue weighted by Crippen LogP contribution is -2.45. The molecule has 0 aromatic heterocycles. The van der Waals surface area contributed by atoms with Gasteiger partial charge in [0.1, 0.15) is 5.78 Å². The first-order valence-electron chi connectivity index (χ1n) is 8.26. The quantitative estimate of drug-likeness (QED) is 0.800. The van der Waals surface area contributed by atoms with Gasteiger partial charge >= 0.3 is 0 Å². The number of aliphatic hydroxyl groups excluding tert-OH is 1. The first kappa shape index (κ1) is 20.1. The highest BCUT2D eigenvalue weighted by Gasteiger charge is 2.30. The van der Waals surface area contributed by atoms with Crippen molar-refractivity contribution in [3.05, 3.63) is 35.9 Å². The van der Waals surface area contributed by atoms with Crippen LogP contribution in [0.1, 0.15) is 44.2 Å². The third-order valence-electron chi connectivity index (χ3n) is 4.65. The predicted molar refractivity (Wildman–Crippen MR) is 95.7 cm³/mol. The number of rotatable bonds is 7. The first-order valence-corrected chi connectivity index (χ1v) is 8.26. The van der Waals surface area contributed by atoms with Crippen molar-refractivity contribution < 1.29 is 9.90 Å². The zero-order valence-corrected chi connectivity index (χ0v) is 14.7. The SMILES string of the molecule is CC(=O)C[C@H](N)C(c1ccccc1)N1CCC(CCO)CC1.Cl. The maximum atomic E-state index is 11.5. The monoisotopic (exact) mass is 340 g/mol. The predicted octanol–water partition coefficient (Wildman–Crippen LogP) is 2.55. The molecule has 4 nitrogen and oxygen atoms in total. The van der Waals surface area contributed by atoms with Crippen molar-refractivity contribution >= 4 is 18.2 Å². The molecule has 1 fully saturated rings. The van der Waals surface area contributed by atoms with E-state index in [1.165, 1.54) is 5.56 Å². The van der Waals surface area contributed by atoms with Gasteiger partial charge in [-0.2, -0.15) is 0 Å². The molecule has 0 aliphatic carbocycles. The minimum absolute atomic E-state index is 0. The van der Waals surface area contributed by atoms with Crippen LogP contribution in [-0.2, 0) is 4.79 Å². The van der Waals surface area contributed by atoms with E-state index in [1.54, 1.807) is 6.92 Å². The Morgan fingerprint density at radius 1 is 1.30 bits per heavy atom. The fourth-order valence-electron chi connectivity index (χ4n) is 3.52. The van der Waals surface area contributed by atoms with Gasteiger partial charge in [-0.05, 0) is 50.8 Å². The van der Waals surface area contributed by atoms with Gasteiger partial charge in [0.25, 0.3) is 0 Å². The molecule has 130 valence electrons. The van der Waals surface area contributed by atoms with Gasteiger partial charge in [-0.15, -0.1) is 12.4 Å². The molecule has 0 spiro atoms. The smallest absolute Gasteiger partial charge is 0.131 e. The molecule has 2 atom stereocenters. The minimum Gasteiger partial charge on any atom is -0.396 e. The summed E-state index contributed by atoms with van der Waals surface area (Å²) in [5, 5.41) is 9.09. The number of likely N-dealkylation sites (tertiary alicyclic amines) is 1. The van der Waals surface area contributed by atoms with Crippen LogP contribution in [0.5, 0.6) is 0 Å². The Balaban J connectivity index is 0.00000264. The van der Waals surface area contributed by atoms with Gasteiger partial charge in [0.15, 0.2) is 0 Å². The summed E-state index contributed by atoms with van der Waals surface area (Å²) in [6, 6.07) is 10.2. The van der Waals surface area contributed by atoms with Gasteiger partial charge in [-0.1, -0.05) is 30.3 Å². The number of carbonyl (C=O) groups is 1. The molecule has 3 N–H and O–H groups in total. The van der Waals surface area contributed by atoms with E-state index in [9.17, 15) is 4.79 Å². The van der Waals surface area contributed by atoms with E-state index in [0.29, 0.717) is 12.3 Å². The maximum absolute atomic E-state index is 11.5. The summed E-state index contributed by atoms with van der Waals surface area (Å²) < 4.78 is 0. The molecule has 1 saturated heterocycles. The van der Waals surface area contributed by atoms with Crippen LogP contribution in [0.2, 0.25) is 0 Å². The van der Waals surface area contributed by atoms with Gasteiger partial charge in [-0.3, -0.25) is 9.69 Å². The third-order valence-corrected chi connectivity index (χ3v) is 4.65. The fraction of sp³-hybridized carbons (Fsp3) is 0.611. The van der Waals surface area contributed by atoms with Crippen molar-refractivity contribution in [1.82, 2.24) is 4.90 Å². The maximum Gasteiger partial charge on any atom is 0.131 e. The van der Waals surface area contributed by atoms with Gasteiger partial charge < -0.3 is 10.8 Å². The molecular weight excluding hydrogens is 312 g/mol. The van der Waals surface area contributed by atoms with Crippen LogP contribution in [0.4, 0.5) is 0 Å². The number of nitrogens with zero attached hydrogens (tertiary/aromatic N) is 1. The van der Waals surface area contributed by atoms with Crippen LogP contribution in [0.15, 0.2) is 30.3 Å². The molecule has 1 aromatic rings. The van der Waals surface area contributed by atoms with E-state index in [1.807, 2.05) is 18.2 Å². The van der Waals surface area contributed by atoms with E-state index < -0.39 is 0 Å². The summed E-state index contributed by atoms with van der Waals surface area (Å²) in [4.78, 5) is 13.9. The van der Waals surface area contributed by atoms with Crippen molar-refractivity contribution in [3.8, 4) is 0 Å². The van der Waals surface area contributed by atoms with Crippen LogP contribution in [-0.4, -0.2) is 41.5 Å². The van der Waals surface area contributed by atoms with Crippen LogP contribution in [0, 0.1) is 5.92 Å². The molecule has 0 radical (unpaired) electrons. The van der Waals surface area contributed by atoms with Crippen molar-refractivity contribution in [1.29, 1.82) is 0 Å². The lowest BCUT2D eigenvalue weighted by Gasteiger charge is -2.40. The molecule has 0 amide bonds. The van der Waals surface area contributed by atoms with Crippen molar-refractivity contribution in [3.63, 3.8) is 0 Å². The molecule has 1 aliphatic heterocycles. The largest absolute Gasteiger partial charge is 0.396 e. The van der Waals surface area contributed by atoms with E-state index in [2.05, 4.69) is 17.0 Å². The molecule has 1 heterocycles. The fourth-order valence-corrected chi connectivity index (χ4v) is 3.52. The molecule has 0 saturated carbocycles. The number of benzene rings is 1. The summed E-state index contributed by atoms with van der Waals surface area (Å²) in [5.41, 5.74) is 7.56. The Kier molecular flexibility index (Phi) is 8.77. The number of Topliss-reactive ketones (excluding diaryl/α,β-unsaturated/α-hetero) is 1. The number of nitrogens with two attached hydrogens (primary N) is 1. The number of ketones is 1. The standard InChI is InChI=1S/C18H28N2O2.ClH/c1-14(22)13-17(19)18(16-5-3-2-4-6-16)20-10-7-15(8-11-20)9-12-21;/h2-6,15,17-18,21H,7-13,19H2,1H3;1H/t17-,18?;/m0./s1. The minimum atomic E-state index is -0.172. The zero-order chi connectivity index (χ0) is 15.9. The number of piperidine rings is 1. The van der Waals surface area contributed by atoms with Crippen LogP contribution in [0.3, 0.4) is 0 Å². The topological polar surface area (TPSA) is 66.6 Å². The van der Waals surface area contributed by atoms with Crippen LogP contribution >= 0.6 is 12.4 Å². The molecule has 5 heteroatoms. The lowest BCUT2D eigenvalue weighted by molar-refractivity contribution is -0.117. The Bertz CT molecular complexity index is 461. The van der Waals surface area contributed by atoms with Gasteiger partial charge in [0.2, 0.25) is 0 Å². The second kappa shape index (κ2) is 10.0. The first-order chi connectivity index (χ1) is 10.6. The van der Waals surface area contributed by atoms with E-state index >= 15 is 0 Å². The summed E-state index contributed by atoms with van der Waals surface area (Å²) in [7, 11) is 0. The molecule has 23 heavy (non-hydrogen) atoms. The summed E-state index contributed by atoms with van der Waals surface area (Å²) >= 11 is 0. The van der Waals surface area contributed by atoms with Gasteiger partial charge in [0, 0.05) is 19.1 Å². The Hall–Kier alpha value is -0.940. The number of aliphatic hydroxyl groups is 1. The van der Waals surface area contributed by atoms with E-state index in [0.717, 1.165) is 32.4 Å². The second-order valence-corrected chi connectivity index (χ2v) is 6.42. The third kappa shape index (κ3) is 5.88. The Labute approximate surface area is 145 Å². The Morgan fingerprint density at radius 3 is 2.43 bits per heavy atom. The zero-order valence-electron chi connectivity index (χ0n) is 13.9. The summed E-state index contributed by atoms with van der Waals surface area (Å²) in [5.74, 6) is 0.755. The molecule has 1 aliphatic rings. The van der Waals surface area contributed by atoms with Crippen molar-refractivity contribution in [2.24, 2.45) is 11.7 Å². The lowest BCUT2D eigenvalue weighted by atomic mass is 9.89. The highest BCUT2D eigenvalue weighted by atomic mass is 35.5. The molecule has 1 aromatic carbocycles. The van der Waals surface area contributed by atoms with E-state index in [-0.39, 0.29) is 36.9 Å². The van der Waals surface area contributed by atoms with Gasteiger partial charge in [-0.25, -0.2) is 0 Å². The second-order valence-electron chi connectivity index (χ2n) is 6.42. The van der Waals surface area contributed by atoms with Crippen molar-refractivity contribution in [2.75, 3.05) is 19.7 Å². The Morgan fingerprint density at radius 2 is 1.91 bits per heavy atom. The van der Waals surface area contributed by atoms with Gasteiger partial charge in [0.05, 0.1) is 6.04 Å². The van der Waals surface area contributed by atoms with Crippen molar-refractivity contribution in [2.45, 2.75) is 44.7 Å². The van der Waals surface area contributed by atoms with Crippen LogP contribution in [0.25, 0.3) is 0 Å². The highest BCUT2D eigenvalue weighted by molar-refractivity contribution is 5.85. The number of hydrogen-bond acceptors (Lipinski definition) is 4. The summed E-state index contributed by atoms with van der Waals surface area (Å²) in [6.45, 7) is 3.84. The van der Waals surface area contributed by atoms with Crippen LogP contribution < -0.4 is 5.73 Å². The number of hydrogen-bond donors (Lipinski definition) is 2. The molecular formula is C18H29ClN2O2. The number of halogens is 1. The van der Waals surface area contributed by atoms with E-state index in [4.69, 9.17) is 10.8 Å². The number of carbonyl (C=O) groups excluding carboxylic acids is 1. The highest BCUT2D eigenvalue weighted by Crippen LogP contribution is 2.30. The summed E-state index contributed by atoms with van der Waals surface area (Å²) in [6.07, 6.45) is 3.49. The molecule has 2 rings (SSSR count). The average Bonchev–Trinajstić information content (AvgIpc) is 2.50. The normalized spacial score (nSPS) is 18.9.